The Kier molecular flexibility index (Phi) is 2.25. The van der Waals surface area contributed by atoms with Crippen molar-refractivity contribution in [3.63, 3.8) is 0 Å². The molecule has 17 heavy (non-hydrogen) atoms. The number of carbonyl (C=O) groups excluding carboxylic acids is 1. The lowest BCUT2D eigenvalue weighted by molar-refractivity contribution is 0.0948. The third-order valence-electron chi connectivity index (χ3n) is 3.22. The number of methoxy groups -OCH3 is 1. The highest BCUT2D eigenvalue weighted by atomic mass is 16.5. The van der Waals surface area contributed by atoms with Crippen LogP contribution in [0.1, 0.15) is 15.9 Å². The predicted molar refractivity (Wildman–Crippen MR) is 66.5 cm³/mol. The Labute approximate surface area is 99.4 Å². The maximum atomic E-state index is 11.9. The van der Waals surface area contributed by atoms with Crippen molar-refractivity contribution in [1.82, 2.24) is 5.32 Å². The molecule has 0 bridgehead atoms. The molecule has 2 aromatic carbocycles. The molecule has 3 rings (SSSR count). The SMILES string of the molecule is COc1ccc2c3c(ccc2c1)CCNC3=O. The van der Waals surface area contributed by atoms with Gasteiger partial charge in [-0.1, -0.05) is 12.1 Å². The molecule has 1 amide bonds. The second-order valence-corrected chi connectivity index (χ2v) is 4.19. The zero-order valence-corrected chi connectivity index (χ0v) is 9.62. The van der Waals surface area contributed by atoms with Gasteiger partial charge in [0.25, 0.3) is 5.91 Å². The Balaban J connectivity index is 2.30. The van der Waals surface area contributed by atoms with Gasteiger partial charge in [-0.25, -0.2) is 0 Å². The molecule has 86 valence electrons. The van der Waals surface area contributed by atoms with E-state index >= 15 is 0 Å². The fourth-order valence-electron chi connectivity index (χ4n) is 2.36. The van der Waals surface area contributed by atoms with Crippen LogP contribution in [0.2, 0.25) is 0 Å². The average molecular weight is 227 g/mol. The van der Waals surface area contributed by atoms with E-state index in [9.17, 15) is 4.79 Å². The lowest BCUT2D eigenvalue weighted by Crippen LogP contribution is -2.31. The summed E-state index contributed by atoms with van der Waals surface area (Å²) in [5.41, 5.74) is 1.95. The summed E-state index contributed by atoms with van der Waals surface area (Å²) in [5.74, 6) is 0.843. The highest BCUT2D eigenvalue weighted by Crippen LogP contribution is 2.27. The maximum absolute atomic E-state index is 11.9. The van der Waals surface area contributed by atoms with Gasteiger partial charge in [-0.3, -0.25) is 4.79 Å². The van der Waals surface area contributed by atoms with Crippen LogP contribution in [0.5, 0.6) is 5.75 Å². The van der Waals surface area contributed by atoms with Crippen LogP contribution >= 0.6 is 0 Å². The van der Waals surface area contributed by atoms with Crippen molar-refractivity contribution in [2.75, 3.05) is 13.7 Å². The van der Waals surface area contributed by atoms with Gasteiger partial charge in [0.1, 0.15) is 5.75 Å². The summed E-state index contributed by atoms with van der Waals surface area (Å²) in [6.07, 6.45) is 0.906. The average Bonchev–Trinajstić information content (AvgIpc) is 2.38. The molecule has 1 N–H and O–H groups in total. The van der Waals surface area contributed by atoms with Crippen LogP contribution in [-0.2, 0) is 6.42 Å². The van der Waals surface area contributed by atoms with E-state index in [0.717, 1.165) is 40.6 Å². The molecule has 1 aliphatic heterocycles. The number of hydrogen-bond donors (Lipinski definition) is 1. The topological polar surface area (TPSA) is 38.3 Å². The molecular formula is C14H13NO2. The molecule has 2 aromatic rings. The van der Waals surface area contributed by atoms with Crippen molar-refractivity contribution in [3.05, 3.63) is 41.5 Å². The Morgan fingerprint density at radius 1 is 1.24 bits per heavy atom. The zero-order chi connectivity index (χ0) is 11.8. The largest absolute Gasteiger partial charge is 0.497 e. The minimum atomic E-state index is 0.0296. The van der Waals surface area contributed by atoms with Crippen LogP contribution < -0.4 is 10.1 Å². The molecule has 0 aromatic heterocycles. The summed E-state index contributed by atoms with van der Waals surface area (Å²) in [5, 5.41) is 4.93. The Morgan fingerprint density at radius 2 is 2.12 bits per heavy atom. The number of carbonyl (C=O) groups is 1. The summed E-state index contributed by atoms with van der Waals surface area (Å²) in [6, 6.07) is 9.89. The molecule has 0 radical (unpaired) electrons. The molecule has 1 aliphatic rings. The number of benzene rings is 2. The van der Waals surface area contributed by atoms with E-state index in [4.69, 9.17) is 4.74 Å². The van der Waals surface area contributed by atoms with Gasteiger partial charge in [0.2, 0.25) is 0 Å². The number of hydrogen-bond acceptors (Lipinski definition) is 2. The first-order valence-corrected chi connectivity index (χ1v) is 5.67. The van der Waals surface area contributed by atoms with E-state index in [2.05, 4.69) is 11.4 Å². The molecule has 0 unspecified atom stereocenters. The van der Waals surface area contributed by atoms with Crippen LogP contribution in [0.15, 0.2) is 30.3 Å². The monoisotopic (exact) mass is 227 g/mol. The molecule has 0 aliphatic carbocycles. The van der Waals surface area contributed by atoms with Crippen LogP contribution in [0.4, 0.5) is 0 Å². The number of amides is 1. The highest BCUT2D eigenvalue weighted by molar-refractivity contribution is 6.09. The van der Waals surface area contributed by atoms with Crippen molar-refractivity contribution >= 4 is 16.7 Å². The molecule has 3 nitrogen and oxygen atoms in total. The van der Waals surface area contributed by atoms with E-state index in [1.165, 1.54) is 0 Å². The normalized spacial score (nSPS) is 14.3. The third kappa shape index (κ3) is 1.55. The van der Waals surface area contributed by atoms with E-state index in [1.54, 1.807) is 7.11 Å². The minimum Gasteiger partial charge on any atom is -0.497 e. The Bertz CT molecular complexity index is 604. The Morgan fingerprint density at radius 3 is 2.94 bits per heavy atom. The van der Waals surface area contributed by atoms with Crippen molar-refractivity contribution in [2.24, 2.45) is 0 Å². The van der Waals surface area contributed by atoms with Gasteiger partial charge >= 0.3 is 0 Å². The van der Waals surface area contributed by atoms with Crippen molar-refractivity contribution < 1.29 is 9.53 Å². The van der Waals surface area contributed by atoms with Gasteiger partial charge in [-0.05, 0) is 41.0 Å². The number of fused-ring (bicyclic) bond motifs is 3. The molecule has 0 atom stereocenters. The molecule has 0 fully saturated rings. The summed E-state index contributed by atoms with van der Waals surface area (Å²) >= 11 is 0. The summed E-state index contributed by atoms with van der Waals surface area (Å²) in [7, 11) is 1.65. The highest BCUT2D eigenvalue weighted by Gasteiger charge is 2.19. The van der Waals surface area contributed by atoms with Gasteiger partial charge < -0.3 is 10.1 Å². The van der Waals surface area contributed by atoms with Gasteiger partial charge in [-0.15, -0.1) is 0 Å². The quantitative estimate of drug-likeness (QED) is 0.810. The first-order valence-electron chi connectivity index (χ1n) is 5.67. The smallest absolute Gasteiger partial charge is 0.252 e. The molecule has 0 saturated heterocycles. The fourth-order valence-corrected chi connectivity index (χ4v) is 2.36. The van der Waals surface area contributed by atoms with E-state index in [0.29, 0.717) is 0 Å². The number of rotatable bonds is 1. The minimum absolute atomic E-state index is 0.0296. The third-order valence-corrected chi connectivity index (χ3v) is 3.22. The number of nitrogens with one attached hydrogen (secondary N) is 1. The predicted octanol–water partition coefficient (Wildman–Crippen LogP) is 2.13. The fraction of sp³-hybridized carbons (Fsp3) is 0.214. The molecular weight excluding hydrogens is 214 g/mol. The van der Waals surface area contributed by atoms with Gasteiger partial charge in [0.15, 0.2) is 0 Å². The van der Waals surface area contributed by atoms with Crippen LogP contribution in [0.3, 0.4) is 0 Å². The first kappa shape index (κ1) is 10.1. The first-order chi connectivity index (χ1) is 8.29. The van der Waals surface area contributed by atoms with Gasteiger partial charge in [0, 0.05) is 6.54 Å². The summed E-state index contributed by atoms with van der Waals surface area (Å²) in [4.78, 5) is 11.9. The molecule has 0 saturated carbocycles. The van der Waals surface area contributed by atoms with Crippen LogP contribution in [0.25, 0.3) is 10.8 Å². The second kappa shape index (κ2) is 3.77. The molecule has 1 heterocycles. The lowest BCUT2D eigenvalue weighted by atomic mass is 9.94. The lowest BCUT2D eigenvalue weighted by Gasteiger charge is -2.18. The van der Waals surface area contributed by atoms with Gasteiger partial charge in [-0.2, -0.15) is 0 Å². The Hall–Kier alpha value is -2.03. The van der Waals surface area contributed by atoms with Crippen molar-refractivity contribution in [3.8, 4) is 5.75 Å². The van der Waals surface area contributed by atoms with Crippen molar-refractivity contribution in [2.45, 2.75) is 6.42 Å². The summed E-state index contributed by atoms with van der Waals surface area (Å²) in [6.45, 7) is 0.730. The van der Waals surface area contributed by atoms with E-state index in [1.807, 2.05) is 24.3 Å². The molecule has 0 spiro atoms. The van der Waals surface area contributed by atoms with Crippen LogP contribution in [-0.4, -0.2) is 19.6 Å². The van der Waals surface area contributed by atoms with Crippen molar-refractivity contribution in [1.29, 1.82) is 0 Å². The standard InChI is InChI=1S/C14H13NO2/c1-17-11-4-5-12-10(8-11)3-2-9-6-7-15-14(16)13(9)12/h2-5,8H,6-7H2,1H3,(H,15,16). The van der Waals surface area contributed by atoms with E-state index in [-0.39, 0.29) is 5.91 Å². The van der Waals surface area contributed by atoms with Crippen LogP contribution in [0, 0.1) is 0 Å². The maximum Gasteiger partial charge on any atom is 0.252 e. The van der Waals surface area contributed by atoms with E-state index < -0.39 is 0 Å². The van der Waals surface area contributed by atoms with Gasteiger partial charge in [0.05, 0.1) is 12.7 Å². The number of ether oxygens (including phenoxy) is 1. The second-order valence-electron chi connectivity index (χ2n) is 4.19. The zero-order valence-electron chi connectivity index (χ0n) is 9.62. The molecule has 3 heteroatoms. The summed E-state index contributed by atoms with van der Waals surface area (Å²) < 4.78 is 5.19.